The van der Waals surface area contributed by atoms with Gasteiger partial charge in [0.15, 0.2) is 0 Å². The molecule has 0 aliphatic carbocycles. The molecule has 2 heterocycles. The summed E-state index contributed by atoms with van der Waals surface area (Å²) in [6, 6.07) is 5.42. The van der Waals surface area contributed by atoms with E-state index in [-0.39, 0.29) is 35.3 Å². The van der Waals surface area contributed by atoms with Crippen LogP contribution in [0, 0.1) is 11.7 Å². The summed E-state index contributed by atoms with van der Waals surface area (Å²) < 4.78 is 40.6. The molecule has 0 unspecified atom stereocenters. The first-order valence-electron chi connectivity index (χ1n) is 10.5. The zero-order valence-corrected chi connectivity index (χ0v) is 18.2. The summed E-state index contributed by atoms with van der Waals surface area (Å²) in [6.45, 7) is 7.48. The van der Waals surface area contributed by atoms with E-state index in [2.05, 4.69) is 24.1 Å². The third-order valence-corrected chi connectivity index (χ3v) is 8.12. The third kappa shape index (κ3) is 5.16. The maximum absolute atomic E-state index is 13.9. The molecule has 3 rings (SSSR count). The molecule has 6 nitrogen and oxygen atoms in total. The summed E-state index contributed by atoms with van der Waals surface area (Å²) in [6.07, 6.45) is 4.57. The van der Waals surface area contributed by atoms with Crippen LogP contribution in [-0.4, -0.2) is 61.8 Å². The molecular weight excluding hydrogens is 393 g/mol. The number of sulfonamides is 1. The number of benzene rings is 1. The maximum Gasteiger partial charge on any atom is 0.245 e. The second-order valence-corrected chi connectivity index (χ2v) is 10.6. The summed E-state index contributed by atoms with van der Waals surface area (Å²) in [7, 11) is -3.87. The minimum atomic E-state index is -3.87. The van der Waals surface area contributed by atoms with Gasteiger partial charge < -0.3 is 5.32 Å². The number of piperidine rings is 2. The van der Waals surface area contributed by atoms with Crippen LogP contribution >= 0.6 is 0 Å². The number of halogens is 1. The fourth-order valence-corrected chi connectivity index (χ4v) is 5.74. The Bertz CT molecular complexity index is 814. The number of hydrogen-bond acceptors (Lipinski definition) is 4. The van der Waals surface area contributed by atoms with Gasteiger partial charge in [-0.1, -0.05) is 18.6 Å². The molecule has 162 valence electrons. The normalized spacial score (nSPS) is 20.5. The zero-order valence-electron chi connectivity index (χ0n) is 17.4. The van der Waals surface area contributed by atoms with Crippen LogP contribution in [0.4, 0.5) is 4.39 Å². The number of nitrogens with zero attached hydrogens (tertiary/aromatic N) is 2. The van der Waals surface area contributed by atoms with Gasteiger partial charge >= 0.3 is 0 Å². The molecule has 2 aliphatic heterocycles. The molecular formula is C21H32FN3O3S. The number of nitrogens with one attached hydrogen (secondary N) is 1. The van der Waals surface area contributed by atoms with Crippen LogP contribution < -0.4 is 5.32 Å². The summed E-state index contributed by atoms with van der Waals surface area (Å²) in [5.74, 6) is -0.968. The summed E-state index contributed by atoms with van der Waals surface area (Å²) in [5, 5.41) is 3.08. The van der Waals surface area contributed by atoms with Gasteiger partial charge in [0.25, 0.3) is 0 Å². The topological polar surface area (TPSA) is 69.7 Å². The fraction of sp³-hybridized carbons (Fsp3) is 0.667. The Kier molecular flexibility index (Phi) is 6.96. The van der Waals surface area contributed by atoms with Gasteiger partial charge in [0.05, 0.1) is 0 Å². The second-order valence-electron chi connectivity index (χ2n) is 8.69. The predicted octanol–water partition coefficient (Wildman–Crippen LogP) is 2.61. The van der Waals surface area contributed by atoms with Gasteiger partial charge in [0, 0.05) is 31.1 Å². The highest BCUT2D eigenvalue weighted by molar-refractivity contribution is 7.89. The summed E-state index contributed by atoms with van der Waals surface area (Å²) in [4.78, 5) is 14.8. The molecule has 2 aliphatic rings. The van der Waals surface area contributed by atoms with Crippen molar-refractivity contribution in [3.05, 3.63) is 30.1 Å². The first-order chi connectivity index (χ1) is 13.7. The number of carbonyl (C=O) groups is 1. The van der Waals surface area contributed by atoms with Gasteiger partial charge in [0.2, 0.25) is 15.9 Å². The summed E-state index contributed by atoms with van der Waals surface area (Å²) >= 11 is 0. The fourth-order valence-electron chi connectivity index (χ4n) is 4.21. The Morgan fingerprint density at radius 1 is 1.10 bits per heavy atom. The van der Waals surface area contributed by atoms with E-state index in [9.17, 15) is 17.6 Å². The van der Waals surface area contributed by atoms with Crippen LogP contribution in [0.1, 0.15) is 46.0 Å². The van der Waals surface area contributed by atoms with E-state index in [0.29, 0.717) is 19.4 Å². The lowest BCUT2D eigenvalue weighted by Gasteiger charge is -2.41. The van der Waals surface area contributed by atoms with E-state index in [1.807, 2.05) is 0 Å². The van der Waals surface area contributed by atoms with Crippen molar-refractivity contribution < 1.29 is 17.6 Å². The van der Waals surface area contributed by atoms with Crippen molar-refractivity contribution in [3.8, 4) is 0 Å². The molecule has 0 saturated carbocycles. The monoisotopic (exact) mass is 425 g/mol. The highest BCUT2D eigenvalue weighted by Crippen LogP contribution is 2.26. The van der Waals surface area contributed by atoms with Gasteiger partial charge in [-0.15, -0.1) is 0 Å². The van der Waals surface area contributed by atoms with E-state index in [1.54, 1.807) is 0 Å². The van der Waals surface area contributed by atoms with E-state index in [1.165, 1.54) is 41.8 Å². The first kappa shape index (κ1) is 22.2. The molecule has 0 aromatic heterocycles. The minimum Gasteiger partial charge on any atom is -0.354 e. The van der Waals surface area contributed by atoms with Crippen molar-refractivity contribution in [3.63, 3.8) is 0 Å². The highest BCUT2D eigenvalue weighted by Gasteiger charge is 2.34. The molecule has 0 radical (unpaired) electrons. The molecule has 0 atom stereocenters. The van der Waals surface area contributed by atoms with Crippen LogP contribution in [0.2, 0.25) is 0 Å². The van der Waals surface area contributed by atoms with Crippen molar-refractivity contribution in [1.82, 2.24) is 14.5 Å². The molecule has 0 spiro atoms. The molecule has 1 aromatic carbocycles. The average Bonchev–Trinajstić information content (AvgIpc) is 2.73. The first-order valence-corrected chi connectivity index (χ1v) is 11.9. The van der Waals surface area contributed by atoms with Crippen molar-refractivity contribution in [2.75, 3.05) is 32.7 Å². The highest BCUT2D eigenvalue weighted by atomic mass is 32.2. The Balaban J connectivity index is 1.52. The van der Waals surface area contributed by atoms with Crippen LogP contribution in [0.5, 0.6) is 0 Å². The SMILES string of the molecule is CC(C)(CNC(=O)C1CCN(S(=O)(=O)c2ccccc2F)CC1)N1CCCCC1. The standard InChI is InChI=1S/C21H32FN3O3S/c1-21(2,24-12-6-3-7-13-24)16-23-20(26)17-10-14-25(15-11-17)29(27,28)19-9-5-4-8-18(19)22/h4-5,8-9,17H,3,6-7,10-16H2,1-2H3,(H,23,26). The largest absolute Gasteiger partial charge is 0.354 e. The lowest BCUT2D eigenvalue weighted by atomic mass is 9.95. The number of rotatable bonds is 6. The second kappa shape index (κ2) is 9.10. The quantitative estimate of drug-likeness (QED) is 0.761. The molecule has 29 heavy (non-hydrogen) atoms. The maximum atomic E-state index is 13.9. The van der Waals surface area contributed by atoms with E-state index >= 15 is 0 Å². The van der Waals surface area contributed by atoms with Gasteiger partial charge in [-0.3, -0.25) is 9.69 Å². The molecule has 2 saturated heterocycles. The lowest BCUT2D eigenvalue weighted by Crippen LogP contribution is -2.54. The number of carbonyl (C=O) groups excluding carboxylic acids is 1. The number of likely N-dealkylation sites (tertiary alicyclic amines) is 1. The minimum absolute atomic E-state index is 0.0157. The van der Waals surface area contributed by atoms with Crippen LogP contribution in [0.15, 0.2) is 29.2 Å². The average molecular weight is 426 g/mol. The van der Waals surface area contributed by atoms with Crippen molar-refractivity contribution in [2.45, 2.75) is 56.4 Å². The van der Waals surface area contributed by atoms with Gasteiger partial charge in [0.1, 0.15) is 10.7 Å². The van der Waals surface area contributed by atoms with Crippen LogP contribution in [0.3, 0.4) is 0 Å². The van der Waals surface area contributed by atoms with E-state index < -0.39 is 15.8 Å². The molecule has 0 bridgehead atoms. The number of amides is 1. The van der Waals surface area contributed by atoms with Crippen molar-refractivity contribution in [1.29, 1.82) is 0 Å². The molecule has 2 fully saturated rings. The lowest BCUT2D eigenvalue weighted by molar-refractivity contribution is -0.126. The van der Waals surface area contributed by atoms with Gasteiger partial charge in [-0.25, -0.2) is 12.8 Å². The molecule has 8 heteroatoms. The van der Waals surface area contributed by atoms with Crippen molar-refractivity contribution >= 4 is 15.9 Å². The Labute approximate surface area is 173 Å². The Morgan fingerprint density at radius 2 is 1.72 bits per heavy atom. The van der Waals surface area contributed by atoms with E-state index in [0.717, 1.165) is 19.2 Å². The number of hydrogen-bond donors (Lipinski definition) is 1. The Hall–Kier alpha value is -1.51. The zero-order chi connectivity index (χ0) is 21.1. The summed E-state index contributed by atoms with van der Waals surface area (Å²) in [5.41, 5.74) is -0.0923. The predicted molar refractivity (Wildman–Crippen MR) is 110 cm³/mol. The van der Waals surface area contributed by atoms with Crippen LogP contribution in [-0.2, 0) is 14.8 Å². The van der Waals surface area contributed by atoms with Gasteiger partial charge in [-0.05, 0) is 64.8 Å². The van der Waals surface area contributed by atoms with Crippen molar-refractivity contribution in [2.24, 2.45) is 5.92 Å². The molecule has 1 aromatic rings. The third-order valence-electron chi connectivity index (χ3n) is 6.19. The smallest absolute Gasteiger partial charge is 0.245 e. The Morgan fingerprint density at radius 3 is 2.34 bits per heavy atom. The van der Waals surface area contributed by atoms with E-state index in [4.69, 9.17) is 0 Å². The van der Waals surface area contributed by atoms with Crippen LogP contribution in [0.25, 0.3) is 0 Å². The van der Waals surface area contributed by atoms with Gasteiger partial charge in [-0.2, -0.15) is 4.31 Å². The molecule has 1 amide bonds. The molecule has 1 N–H and O–H groups in total.